The topological polar surface area (TPSA) is 58.6 Å². The molecule has 2 unspecified atom stereocenters. The molecular weight excluding hydrogens is 242 g/mol. The van der Waals surface area contributed by atoms with Gasteiger partial charge in [-0.15, -0.1) is 0 Å². The van der Waals surface area contributed by atoms with Crippen molar-refractivity contribution in [2.45, 2.75) is 38.9 Å². The molecule has 0 saturated carbocycles. The zero-order valence-corrected chi connectivity index (χ0v) is 11.4. The lowest BCUT2D eigenvalue weighted by Crippen LogP contribution is -2.39. The van der Waals surface area contributed by atoms with Gasteiger partial charge in [-0.05, 0) is 24.0 Å². The van der Waals surface area contributed by atoms with Crippen molar-refractivity contribution in [1.82, 2.24) is 5.32 Å². The standard InChI is InChI=1S/C15H21NO3/c1-10(2)12(17)7-8-16-15(18)14-9-11-5-3-4-6-13(11)19-14/h3-6,10,12,14,17H,7-9H2,1-2H3,(H,16,18). The molecule has 0 bridgehead atoms. The molecule has 2 atom stereocenters. The first-order valence-corrected chi connectivity index (χ1v) is 6.78. The Morgan fingerprint density at radius 3 is 2.89 bits per heavy atom. The van der Waals surface area contributed by atoms with Crippen LogP contribution in [0.3, 0.4) is 0 Å². The van der Waals surface area contributed by atoms with Crippen LogP contribution in [0.4, 0.5) is 0 Å². The zero-order valence-electron chi connectivity index (χ0n) is 11.4. The van der Waals surface area contributed by atoms with Crippen LogP contribution in [0.15, 0.2) is 24.3 Å². The van der Waals surface area contributed by atoms with E-state index in [1.165, 1.54) is 0 Å². The molecule has 2 rings (SSSR count). The number of aliphatic hydroxyl groups excluding tert-OH is 1. The zero-order chi connectivity index (χ0) is 13.8. The van der Waals surface area contributed by atoms with E-state index >= 15 is 0 Å². The molecule has 1 aliphatic heterocycles. The maximum absolute atomic E-state index is 11.9. The number of benzene rings is 1. The van der Waals surface area contributed by atoms with E-state index in [9.17, 15) is 9.90 Å². The molecule has 1 aromatic carbocycles. The quantitative estimate of drug-likeness (QED) is 0.846. The van der Waals surface area contributed by atoms with Crippen LogP contribution in [-0.2, 0) is 11.2 Å². The molecule has 104 valence electrons. The van der Waals surface area contributed by atoms with E-state index < -0.39 is 6.10 Å². The Balaban J connectivity index is 1.77. The molecule has 0 radical (unpaired) electrons. The van der Waals surface area contributed by atoms with E-state index in [4.69, 9.17) is 4.74 Å². The third-order valence-corrected chi connectivity index (χ3v) is 3.45. The minimum Gasteiger partial charge on any atom is -0.480 e. The van der Waals surface area contributed by atoms with Crippen molar-refractivity contribution in [3.8, 4) is 5.75 Å². The summed E-state index contributed by atoms with van der Waals surface area (Å²) in [5, 5.41) is 12.5. The van der Waals surface area contributed by atoms with E-state index in [0.717, 1.165) is 11.3 Å². The molecule has 4 heteroatoms. The number of hydrogen-bond donors (Lipinski definition) is 2. The summed E-state index contributed by atoms with van der Waals surface area (Å²) in [4.78, 5) is 11.9. The molecule has 0 spiro atoms. The third-order valence-electron chi connectivity index (χ3n) is 3.45. The monoisotopic (exact) mass is 263 g/mol. The number of nitrogens with one attached hydrogen (secondary N) is 1. The molecule has 0 saturated heterocycles. The fourth-order valence-electron chi connectivity index (χ4n) is 2.12. The first-order chi connectivity index (χ1) is 9.08. The lowest BCUT2D eigenvalue weighted by atomic mass is 10.0. The van der Waals surface area contributed by atoms with Gasteiger partial charge in [0.2, 0.25) is 0 Å². The van der Waals surface area contributed by atoms with E-state index in [1.54, 1.807) is 0 Å². The van der Waals surface area contributed by atoms with E-state index in [-0.39, 0.29) is 17.9 Å². The number of amides is 1. The fourth-order valence-corrected chi connectivity index (χ4v) is 2.12. The highest BCUT2D eigenvalue weighted by Crippen LogP contribution is 2.28. The van der Waals surface area contributed by atoms with Crippen LogP contribution < -0.4 is 10.1 Å². The van der Waals surface area contributed by atoms with E-state index in [0.29, 0.717) is 19.4 Å². The van der Waals surface area contributed by atoms with Gasteiger partial charge in [-0.3, -0.25) is 4.79 Å². The molecule has 19 heavy (non-hydrogen) atoms. The highest BCUT2D eigenvalue weighted by molar-refractivity contribution is 5.82. The maximum atomic E-state index is 11.9. The molecular formula is C15H21NO3. The van der Waals surface area contributed by atoms with Crippen LogP contribution in [0, 0.1) is 5.92 Å². The summed E-state index contributed by atoms with van der Waals surface area (Å²) in [5.74, 6) is 0.904. The third kappa shape index (κ3) is 3.47. The van der Waals surface area contributed by atoms with Crippen molar-refractivity contribution in [1.29, 1.82) is 0 Å². The number of para-hydroxylation sites is 1. The highest BCUT2D eigenvalue weighted by Gasteiger charge is 2.28. The Kier molecular flexibility index (Phi) is 4.43. The second-order valence-corrected chi connectivity index (χ2v) is 5.31. The van der Waals surface area contributed by atoms with Gasteiger partial charge < -0.3 is 15.2 Å². The van der Waals surface area contributed by atoms with Gasteiger partial charge in [-0.1, -0.05) is 32.0 Å². The second kappa shape index (κ2) is 6.06. The largest absolute Gasteiger partial charge is 0.480 e. The molecule has 4 nitrogen and oxygen atoms in total. The van der Waals surface area contributed by atoms with Gasteiger partial charge >= 0.3 is 0 Å². The van der Waals surface area contributed by atoms with E-state index in [1.807, 2.05) is 38.1 Å². The van der Waals surface area contributed by atoms with Crippen LogP contribution in [0.1, 0.15) is 25.8 Å². The van der Waals surface area contributed by atoms with Crippen molar-refractivity contribution in [2.75, 3.05) is 6.54 Å². The smallest absolute Gasteiger partial charge is 0.261 e. The van der Waals surface area contributed by atoms with Crippen LogP contribution in [0.25, 0.3) is 0 Å². The summed E-state index contributed by atoms with van der Waals surface area (Å²) >= 11 is 0. The predicted octanol–water partition coefficient (Wildman–Crippen LogP) is 1.51. The SMILES string of the molecule is CC(C)C(O)CCNC(=O)C1Cc2ccccc2O1. The van der Waals surface area contributed by atoms with Gasteiger partial charge in [-0.25, -0.2) is 0 Å². The first kappa shape index (κ1) is 13.9. The summed E-state index contributed by atoms with van der Waals surface area (Å²) in [5.41, 5.74) is 1.07. The van der Waals surface area contributed by atoms with Gasteiger partial charge in [0, 0.05) is 13.0 Å². The van der Waals surface area contributed by atoms with Gasteiger partial charge in [0.05, 0.1) is 6.10 Å². The summed E-state index contributed by atoms with van der Waals surface area (Å²) < 4.78 is 5.60. The van der Waals surface area contributed by atoms with Gasteiger partial charge in [0.25, 0.3) is 5.91 Å². The summed E-state index contributed by atoms with van der Waals surface area (Å²) in [6.07, 6.45) is 0.383. The Morgan fingerprint density at radius 2 is 2.21 bits per heavy atom. The number of ether oxygens (including phenoxy) is 1. The fraction of sp³-hybridized carbons (Fsp3) is 0.533. The minimum absolute atomic E-state index is 0.104. The van der Waals surface area contributed by atoms with Crippen LogP contribution in [0.2, 0.25) is 0 Å². The lowest BCUT2D eigenvalue weighted by molar-refractivity contribution is -0.127. The Bertz CT molecular complexity index is 420. The molecule has 0 aromatic heterocycles. The molecule has 0 fully saturated rings. The number of rotatable bonds is 5. The minimum atomic E-state index is -0.436. The van der Waals surface area contributed by atoms with E-state index in [2.05, 4.69) is 5.32 Å². The Hall–Kier alpha value is -1.55. The Labute approximate surface area is 113 Å². The van der Waals surface area contributed by atoms with Crippen molar-refractivity contribution in [2.24, 2.45) is 5.92 Å². The molecule has 1 amide bonds. The number of carbonyl (C=O) groups is 1. The number of fused-ring (bicyclic) bond motifs is 1. The summed E-state index contributed by atoms with van der Waals surface area (Å²) in [7, 11) is 0. The van der Waals surface area contributed by atoms with Crippen molar-refractivity contribution < 1.29 is 14.6 Å². The van der Waals surface area contributed by atoms with Crippen LogP contribution in [-0.4, -0.2) is 29.8 Å². The number of hydrogen-bond acceptors (Lipinski definition) is 3. The first-order valence-electron chi connectivity index (χ1n) is 6.78. The molecule has 1 heterocycles. The highest BCUT2D eigenvalue weighted by atomic mass is 16.5. The van der Waals surface area contributed by atoms with Crippen molar-refractivity contribution in [3.05, 3.63) is 29.8 Å². The average Bonchev–Trinajstić information content (AvgIpc) is 2.82. The summed E-state index contributed by atoms with van der Waals surface area (Å²) in [6, 6.07) is 7.70. The number of aliphatic hydroxyl groups is 1. The van der Waals surface area contributed by atoms with Crippen LogP contribution >= 0.6 is 0 Å². The Morgan fingerprint density at radius 1 is 1.47 bits per heavy atom. The van der Waals surface area contributed by atoms with Gasteiger partial charge in [0.15, 0.2) is 6.10 Å². The molecule has 2 N–H and O–H groups in total. The summed E-state index contributed by atoms with van der Waals surface area (Å²) in [6.45, 7) is 4.40. The van der Waals surface area contributed by atoms with Gasteiger partial charge in [-0.2, -0.15) is 0 Å². The van der Waals surface area contributed by atoms with Gasteiger partial charge in [0.1, 0.15) is 5.75 Å². The van der Waals surface area contributed by atoms with Crippen LogP contribution in [0.5, 0.6) is 5.75 Å². The van der Waals surface area contributed by atoms with Crippen molar-refractivity contribution in [3.63, 3.8) is 0 Å². The van der Waals surface area contributed by atoms with Crippen molar-refractivity contribution >= 4 is 5.91 Å². The molecule has 1 aromatic rings. The maximum Gasteiger partial charge on any atom is 0.261 e. The average molecular weight is 263 g/mol. The second-order valence-electron chi connectivity index (χ2n) is 5.31. The molecule has 0 aliphatic carbocycles. The normalized spacial score (nSPS) is 18.8. The number of carbonyl (C=O) groups excluding carboxylic acids is 1. The molecule has 1 aliphatic rings. The lowest BCUT2D eigenvalue weighted by Gasteiger charge is -2.16. The predicted molar refractivity (Wildman–Crippen MR) is 73.0 cm³/mol.